The molecule has 144 valence electrons. The monoisotopic (exact) mass is 355 g/mol. The Kier molecular flexibility index (Phi) is 7.96. The number of likely N-dealkylation sites (N-methyl/N-ethyl adjacent to an activating group) is 1. The molecule has 2 N–H and O–H groups in total. The van der Waals surface area contributed by atoms with E-state index in [2.05, 4.69) is 12.2 Å². The average Bonchev–Trinajstić information content (AvgIpc) is 2.59. The third-order valence-corrected chi connectivity index (χ3v) is 5.45. The Labute approximate surface area is 150 Å². The van der Waals surface area contributed by atoms with Crippen molar-refractivity contribution in [3.63, 3.8) is 0 Å². The third-order valence-electron chi connectivity index (χ3n) is 5.45. The minimum Gasteiger partial charge on any atom is -0.480 e. The number of amides is 2. The van der Waals surface area contributed by atoms with E-state index in [0.717, 1.165) is 12.5 Å². The molecule has 0 radical (unpaired) electrons. The van der Waals surface area contributed by atoms with Crippen molar-refractivity contribution in [2.75, 3.05) is 46.4 Å². The second-order valence-corrected chi connectivity index (χ2v) is 7.43. The topological polar surface area (TPSA) is 82.1 Å². The summed E-state index contributed by atoms with van der Waals surface area (Å²) in [6.07, 6.45) is 6.14. The van der Waals surface area contributed by atoms with Crippen LogP contribution in [0.3, 0.4) is 0 Å². The number of aliphatic carboxylic acids is 1. The fourth-order valence-corrected chi connectivity index (χ4v) is 4.08. The molecule has 3 unspecified atom stereocenters. The Morgan fingerprint density at radius 1 is 1.28 bits per heavy atom. The number of carboxylic acid groups (broad SMARTS) is 1. The van der Waals surface area contributed by atoms with Crippen molar-refractivity contribution in [3.8, 4) is 0 Å². The fourth-order valence-electron chi connectivity index (χ4n) is 4.08. The van der Waals surface area contributed by atoms with Gasteiger partial charge in [0.1, 0.15) is 0 Å². The van der Waals surface area contributed by atoms with Gasteiger partial charge in [0.15, 0.2) is 0 Å². The molecule has 0 aromatic heterocycles. The molecule has 2 rings (SSSR count). The van der Waals surface area contributed by atoms with Crippen LogP contribution < -0.4 is 5.32 Å². The van der Waals surface area contributed by atoms with Gasteiger partial charge < -0.3 is 20.1 Å². The second kappa shape index (κ2) is 9.97. The van der Waals surface area contributed by atoms with E-state index < -0.39 is 5.97 Å². The molecule has 0 spiro atoms. The van der Waals surface area contributed by atoms with Crippen LogP contribution in [0, 0.1) is 11.8 Å². The van der Waals surface area contributed by atoms with Gasteiger partial charge >= 0.3 is 12.0 Å². The maximum atomic E-state index is 12.5. The van der Waals surface area contributed by atoms with E-state index in [0.29, 0.717) is 32.2 Å². The highest BCUT2D eigenvalue weighted by molar-refractivity contribution is 5.74. The van der Waals surface area contributed by atoms with E-state index in [-0.39, 0.29) is 18.7 Å². The number of ether oxygens (including phenoxy) is 1. The molecular weight excluding hydrogens is 322 g/mol. The van der Waals surface area contributed by atoms with Gasteiger partial charge in [-0.25, -0.2) is 4.79 Å². The second-order valence-electron chi connectivity index (χ2n) is 7.43. The van der Waals surface area contributed by atoms with Crippen LogP contribution in [-0.4, -0.2) is 79.4 Å². The Bertz CT molecular complexity index is 446. The molecule has 25 heavy (non-hydrogen) atoms. The summed E-state index contributed by atoms with van der Waals surface area (Å²) in [5.74, 6) is 0.475. The lowest BCUT2D eigenvalue weighted by atomic mass is 9.78. The number of morpholine rings is 1. The summed E-state index contributed by atoms with van der Waals surface area (Å²) >= 11 is 0. The van der Waals surface area contributed by atoms with Crippen LogP contribution in [0.1, 0.15) is 39.0 Å². The number of urea groups is 1. The molecule has 0 bridgehead atoms. The smallest absolute Gasteiger partial charge is 0.317 e. The lowest BCUT2D eigenvalue weighted by Crippen LogP contribution is -2.53. The van der Waals surface area contributed by atoms with Crippen molar-refractivity contribution in [1.29, 1.82) is 0 Å². The Balaban J connectivity index is 1.76. The van der Waals surface area contributed by atoms with E-state index >= 15 is 0 Å². The first-order valence-electron chi connectivity index (χ1n) is 9.54. The van der Waals surface area contributed by atoms with E-state index in [1.54, 1.807) is 16.8 Å². The summed E-state index contributed by atoms with van der Waals surface area (Å²) in [7, 11) is 1.75. The van der Waals surface area contributed by atoms with Crippen LogP contribution in [0.4, 0.5) is 4.79 Å². The third kappa shape index (κ3) is 6.47. The zero-order chi connectivity index (χ0) is 18.2. The molecular formula is C18H33N3O4. The number of nitrogens with zero attached hydrogens (tertiary/aromatic N) is 2. The van der Waals surface area contributed by atoms with Gasteiger partial charge in [-0.15, -0.1) is 0 Å². The van der Waals surface area contributed by atoms with Gasteiger partial charge in [-0.2, -0.15) is 0 Å². The van der Waals surface area contributed by atoms with Crippen LogP contribution in [0.2, 0.25) is 0 Å². The van der Waals surface area contributed by atoms with Crippen LogP contribution >= 0.6 is 0 Å². The van der Waals surface area contributed by atoms with Gasteiger partial charge in [-0.3, -0.25) is 9.69 Å². The highest BCUT2D eigenvalue weighted by Gasteiger charge is 2.28. The fraction of sp³-hybridized carbons (Fsp3) is 0.889. The molecule has 7 heteroatoms. The maximum Gasteiger partial charge on any atom is 0.317 e. The molecule has 2 aliphatic rings. The lowest BCUT2D eigenvalue weighted by Gasteiger charge is -2.36. The molecule has 2 amide bonds. The van der Waals surface area contributed by atoms with Crippen LogP contribution in [0.15, 0.2) is 0 Å². The van der Waals surface area contributed by atoms with E-state index in [9.17, 15) is 9.59 Å². The van der Waals surface area contributed by atoms with Gasteiger partial charge in [0, 0.05) is 26.2 Å². The lowest BCUT2D eigenvalue weighted by molar-refractivity contribution is -0.138. The molecule has 1 saturated carbocycles. The van der Waals surface area contributed by atoms with Crippen LogP contribution in [0.5, 0.6) is 0 Å². The summed E-state index contributed by atoms with van der Waals surface area (Å²) in [6.45, 7) is 5.09. The molecule has 3 atom stereocenters. The van der Waals surface area contributed by atoms with Crippen molar-refractivity contribution in [2.24, 2.45) is 11.8 Å². The number of carbonyl (C=O) groups is 2. The minimum absolute atomic E-state index is 0.0189. The Morgan fingerprint density at radius 2 is 2.00 bits per heavy atom. The summed E-state index contributed by atoms with van der Waals surface area (Å²) in [6, 6.07) is -0.0189. The molecule has 0 aromatic carbocycles. The number of carboxylic acids is 1. The van der Waals surface area contributed by atoms with Gasteiger partial charge in [0.05, 0.1) is 19.3 Å². The quantitative estimate of drug-likeness (QED) is 0.725. The van der Waals surface area contributed by atoms with Gasteiger partial charge in [0.25, 0.3) is 0 Å². The zero-order valence-corrected chi connectivity index (χ0v) is 15.6. The summed E-state index contributed by atoms with van der Waals surface area (Å²) in [5.41, 5.74) is 0. The normalized spacial score (nSPS) is 27.3. The van der Waals surface area contributed by atoms with Gasteiger partial charge in [0.2, 0.25) is 0 Å². The largest absolute Gasteiger partial charge is 0.480 e. The minimum atomic E-state index is -0.856. The Morgan fingerprint density at radius 3 is 2.68 bits per heavy atom. The zero-order valence-electron chi connectivity index (χ0n) is 15.6. The molecule has 0 aromatic rings. The predicted octanol–water partition coefficient (Wildman–Crippen LogP) is 1.63. The van der Waals surface area contributed by atoms with Crippen LogP contribution in [0.25, 0.3) is 0 Å². The molecule has 7 nitrogen and oxygen atoms in total. The maximum absolute atomic E-state index is 12.5. The van der Waals surface area contributed by atoms with E-state index in [4.69, 9.17) is 9.84 Å². The molecule has 1 heterocycles. The summed E-state index contributed by atoms with van der Waals surface area (Å²) in [5, 5.41) is 11.9. The Hall–Kier alpha value is -1.34. The summed E-state index contributed by atoms with van der Waals surface area (Å²) in [4.78, 5) is 26.8. The van der Waals surface area contributed by atoms with Crippen molar-refractivity contribution in [2.45, 2.75) is 45.1 Å². The first-order valence-corrected chi connectivity index (χ1v) is 9.54. The highest BCUT2D eigenvalue weighted by Crippen LogP contribution is 2.31. The average molecular weight is 355 g/mol. The van der Waals surface area contributed by atoms with Gasteiger partial charge in [-0.05, 0) is 25.3 Å². The number of rotatable bonds is 7. The van der Waals surface area contributed by atoms with Crippen molar-refractivity contribution in [3.05, 3.63) is 0 Å². The molecule has 2 fully saturated rings. The van der Waals surface area contributed by atoms with Crippen molar-refractivity contribution < 1.29 is 19.4 Å². The number of nitrogens with one attached hydrogen (secondary N) is 1. The SMILES string of the molecule is CCC1CCCCC1CNC(=O)N1CCOC(CN(C)CC(=O)O)C1. The standard InChI is InChI=1S/C18H33N3O4/c1-3-14-6-4-5-7-15(14)10-19-18(24)21-8-9-25-16(12-21)11-20(2)13-17(22)23/h14-16H,3-13H2,1-2H3,(H,19,24)(H,22,23). The highest BCUT2D eigenvalue weighted by atomic mass is 16.5. The molecule has 1 saturated heterocycles. The van der Waals surface area contributed by atoms with E-state index in [1.165, 1.54) is 32.1 Å². The van der Waals surface area contributed by atoms with E-state index in [1.807, 2.05) is 0 Å². The number of hydrogen-bond acceptors (Lipinski definition) is 4. The first-order chi connectivity index (χ1) is 12.0. The van der Waals surface area contributed by atoms with Crippen LogP contribution in [-0.2, 0) is 9.53 Å². The number of carbonyl (C=O) groups excluding carboxylic acids is 1. The predicted molar refractivity (Wildman–Crippen MR) is 95.6 cm³/mol. The van der Waals surface area contributed by atoms with Crippen molar-refractivity contribution in [1.82, 2.24) is 15.1 Å². The molecule has 1 aliphatic carbocycles. The van der Waals surface area contributed by atoms with Crippen molar-refractivity contribution >= 4 is 12.0 Å². The summed E-state index contributed by atoms with van der Waals surface area (Å²) < 4.78 is 5.68. The van der Waals surface area contributed by atoms with Gasteiger partial charge in [-0.1, -0.05) is 32.6 Å². The number of hydrogen-bond donors (Lipinski definition) is 2. The first kappa shape index (κ1) is 20.0. The molecule has 1 aliphatic heterocycles.